The fourth-order valence-corrected chi connectivity index (χ4v) is 6.13. The minimum Gasteiger partial charge on any atom is -0.447 e. The number of rotatable bonds is 3. The predicted molar refractivity (Wildman–Crippen MR) is 82.0 cm³/mol. The second-order valence-electron chi connectivity index (χ2n) is 8.75. The Morgan fingerprint density at radius 3 is 2.23 bits per heavy atom. The number of ether oxygens (including phenoxy) is 1. The minimum absolute atomic E-state index is 0.0168. The molecule has 2 amide bonds. The number of cyclic esters (lactones) is 1. The van der Waals surface area contributed by atoms with Crippen molar-refractivity contribution < 1.29 is 14.3 Å². The van der Waals surface area contributed by atoms with Gasteiger partial charge in [-0.1, -0.05) is 13.8 Å². The number of amides is 2. The van der Waals surface area contributed by atoms with Crippen LogP contribution in [0.15, 0.2) is 0 Å². The van der Waals surface area contributed by atoms with Crippen LogP contribution in [0.4, 0.5) is 4.79 Å². The summed E-state index contributed by atoms with van der Waals surface area (Å²) >= 11 is 0. The van der Waals surface area contributed by atoms with Crippen molar-refractivity contribution >= 4 is 12.0 Å². The zero-order valence-electron chi connectivity index (χ0n) is 13.7. The van der Waals surface area contributed by atoms with Gasteiger partial charge in [0.1, 0.15) is 6.61 Å². The zero-order valence-corrected chi connectivity index (χ0v) is 13.7. The number of imide groups is 1. The monoisotopic (exact) mass is 305 g/mol. The summed E-state index contributed by atoms with van der Waals surface area (Å²) < 4.78 is 5.15. The molecule has 5 aliphatic rings. The van der Waals surface area contributed by atoms with Crippen molar-refractivity contribution in [2.45, 2.75) is 64.8 Å². The van der Waals surface area contributed by atoms with Gasteiger partial charge in [0, 0.05) is 6.42 Å². The van der Waals surface area contributed by atoms with Crippen LogP contribution < -0.4 is 0 Å². The highest BCUT2D eigenvalue weighted by molar-refractivity contribution is 5.93. The smallest absolute Gasteiger partial charge is 0.416 e. The number of nitrogens with zero attached hydrogens (tertiary/aromatic N) is 1. The number of hydrogen-bond acceptors (Lipinski definition) is 3. The number of carbonyl (C=O) groups excluding carboxylic acids is 2. The maximum absolute atomic E-state index is 12.9. The fourth-order valence-electron chi connectivity index (χ4n) is 6.13. The molecule has 1 unspecified atom stereocenters. The van der Waals surface area contributed by atoms with Crippen molar-refractivity contribution in [1.82, 2.24) is 4.90 Å². The van der Waals surface area contributed by atoms with E-state index in [9.17, 15) is 9.59 Å². The van der Waals surface area contributed by atoms with Gasteiger partial charge in [0.2, 0.25) is 5.91 Å². The summed E-state index contributed by atoms with van der Waals surface area (Å²) in [5.74, 6) is 2.79. The molecule has 4 aliphatic carbocycles. The lowest BCUT2D eigenvalue weighted by Gasteiger charge is -2.56. The van der Waals surface area contributed by atoms with Crippen LogP contribution in [0.3, 0.4) is 0 Å². The van der Waals surface area contributed by atoms with Crippen LogP contribution >= 0.6 is 0 Å². The van der Waals surface area contributed by atoms with Gasteiger partial charge in [-0.15, -0.1) is 0 Å². The predicted octanol–water partition coefficient (Wildman–Crippen LogP) is 3.60. The normalized spacial score (nSPS) is 43.0. The molecule has 1 saturated heterocycles. The van der Waals surface area contributed by atoms with Gasteiger partial charge in [-0.2, -0.15) is 0 Å². The van der Waals surface area contributed by atoms with E-state index < -0.39 is 6.09 Å². The molecule has 1 aliphatic heterocycles. The van der Waals surface area contributed by atoms with Crippen LogP contribution in [-0.4, -0.2) is 29.5 Å². The van der Waals surface area contributed by atoms with E-state index >= 15 is 0 Å². The fraction of sp³-hybridized carbons (Fsp3) is 0.889. The maximum Gasteiger partial charge on any atom is 0.416 e. The third-order valence-corrected chi connectivity index (χ3v) is 6.64. The van der Waals surface area contributed by atoms with Gasteiger partial charge < -0.3 is 4.74 Å². The van der Waals surface area contributed by atoms with E-state index in [0.717, 1.165) is 17.8 Å². The molecule has 4 saturated carbocycles. The maximum atomic E-state index is 12.9. The summed E-state index contributed by atoms with van der Waals surface area (Å²) in [5, 5.41) is 0. The highest BCUT2D eigenvalue weighted by Crippen LogP contribution is 2.61. The van der Waals surface area contributed by atoms with E-state index in [0.29, 0.717) is 13.0 Å². The van der Waals surface area contributed by atoms with Gasteiger partial charge in [0.15, 0.2) is 0 Å². The topological polar surface area (TPSA) is 46.6 Å². The molecule has 0 aromatic rings. The molecule has 0 spiro atoms. The van der Waals surface area contributed by atoms with E-state index in [4.69, 9.17) is 4.74 Å². The molecule has 1 atom stereocenters. The number of hydrogen-bond donors (Lipinski definition) is 0. The summed E-state index contributed by atoms with van der Waals surface area (Å²) in [5.41, 5.74) is 0.191. The van der Waals surface area contributed by atoms with E-state index in [1.54, 1.807) is 0 Å². The molecule has 122 valence electrons. The van der Waals surface area contributed by atoms with Gasteiger partial charge in [-0.25, -0.2) is 9.69 Å². The molecular formula is C18H27NO3. The van der Waals surface area contributed by atoms with Crippen molar-refractivity contribution in [2.75, 3.05) is 6.61 Å². The average Bonchev–Trinajstić information content (AvgIpc) is 2.78. The Labute approximate surface area is 132 Å². The molecule has 0 radical (unpaired) electrons. The molecule has 0 N–H and O–H groups in total. The molecule has 4 heteroatoms. The summed E-state index contributed by atoms with van der Waals surface area (Å²) in [4.78, 5) is 26.3. The first kappa shape index (κ1) is 14.5. The molecule has 22 heavy (non-hydrogen) atoms. The molecule has 0 aromatic heterocycles. The molecule has 1 heterocycles. The average molecular weight is 305 g/mol. The third kappa shape index (κ3) is 2.26. The SMILES string of the molecule is CC(C)C1COC(=O)N1C(=O)CC12CC3CC(CC(C3)C1)C2. The van der Waals surface area contributed by atoms with Crippen molar-refractivity contribution in [2.24, 2.45) is 29.1 Å². The Hall–Kier alpha value is -1.06. The Morgan fingerprint density at radius 1 is 1.18 bits per heavy atom. The van der Waals surface area contributed by atoms with Crippen LogP contribution in [0.1, 0.15) is 58.8 Å². The number of carbonyl (C=O) groups is 2. The van der Waals surface area contributed by atoms with Gasteiger partial charge in [-0.3, -0.25) is 4.79 Å². The second-order valence-corrected chi connectivity index (χ2v) is 8.75. The molecule has 5 rings (SSSR count). The largest absolute Gasteiger partial charge is 0.447 e. The Kier molecular flexibility index (Phi) is 3.28. The van der Waals surface area contributed by atoms with Gasteiger partial charge in [-0.05, 0) is 67.6 Å². The van der Waals surface area contributed by atoms with Gasteiger partial charge in [0.05, 0.1) is 6.04 Å². The minimum atomic E-state index is -0.423. The van der Waals surface area contributed by atoms with E-state index in [2.05, 4.69) is 13.8 Å². The molecule has 4 bridgehead atoms. The summed E-state index contributed by atoms with van der Waals surface area (Å²) in [7, 11) is 0. The van der Waals surface area contributed by atoms with Crippen molar-refractivity contribution in [1.29, 1.82) is 0 Å². The lowest BCUT2D eigenvalue weighted by Crippen LogP contribution is -2.50. The molecule has 4 nitrogen and oxygen atoms in total. The second kappa shape index (κ2) is 4.97. The first-order valence-corrected chi connectivity index (χ1v) is 8.94. The first-order chi connectivity index (χ1) is 10.5. The van der Waals surface area contributed by atoms with E-state index in [-0.39, 0.29) is 23.3 Å². The summed E-state index contributed by atoms with van der Waals surface area (Å²) in [6, 6.07) is -0.0751. The summed E-state index contributed by atoms with van der Waals surface area (Å²) in [6.07, 6.45) is 7.91. The third-order valence-electron chi connectivity index (χ3n) is 6.64. The first-order valence-electron chi connectivity index (χ1n) is 8.94. The van der Waals surface area contributed by atoms with Crippen LogP contribution in [-0.2, 0) is 9.53 Å². The quantitative estimate of drug-likeness (QED) is 0.800. The summed E-state index contributed by atoms with van der Waals surface area (Å²) in [6.45, 7) is 4.47. The Morgan fingerprint density at radius 2 is 1.73 bits per heavy atom. The van der Waals surface area contributed by atoms with Gasteiger partial charge in [0.25, 0.3) is 0 Å². The standard InChI is InChI=1S/C18H27NO3/c1-11(2)15-10-22-17(21)19(15)16(20)9-18-6-12-3-13(7-18)5-14(4-12)8-18/h11-15H,3-10H2,1-2H3. The molecule has 0 aromatic carbocycles. The van der Waals surface area contributed by atoms with E-state index in [1.807, 2.05) is 0 Å². The van der Waals surface area contributed by atoms with Crippen molar-refractivity contribution in [3.05, 3.63) is 0 Å². The highest BCUT2D eigenvalue weighted by atomic mass is 16.6. The zero-order chi connectivity index (χ0) is 15.5. The lowest BCUT2D eigenvalue weighted by atomic mass is 9.49. The van der Waals surface area contributed by atoms with E-state index in [1.165, 1.54) is 43.4 Å². The Balaban J connectivity index is 1.51. The van der Waals surface area contributed by atoms with Crippen LogP contribution in [0, 0.1) is 29.1 Å². The molecular weight excluding hydrogens is 278 g/mol. The lowest BCUT2D eigenvalue weighted by molar-refractivity contribution is -0.138. The van der Waals surface area contributed by atoms with Crippen LogP contribution in [0.5, 0.6) is 0 Å². The van der Waals surface area contributed by atoms with Crippen LogP contribution in [0.25, 0.3) is 0 Å². The van der Waals surface area contributed by atoms with Gasteiger partial charge >= 0.3 is 6.09 Å². The highest BCUT2D eigenvalue weighted by Gasteiger charge is 2.53. The van der Waals surface area contributed by atoms with Crippen molar-refractivity contribution in [3.8, 4) is 0 Å². The Bertz CT molecular complexity index is 463. The molecule has 5 fully saturated rings. The van der Waals surface area contributed by atoms with Crippen molar-refractivity contribution in [3.63, 3.8) is 0 Å². The van der Waals surface area contributed by atoms with Crippen LogP contribution in [0.2, 0.25) is 0 Å².